The lowest BCUT2D eigenvalue weighted by Crippen LogP contribution is -2.19. The van der Waals surface area contributed by atoms with Crippen LogP contribution in [0, 0.1) is 18.7 Å². The lowest BCUT2D eigenvalue weighted by Gasteiger charge is -2.17. The van der Waals surface area contributed by atoms with Gasteiger partial charge in [-0.2, -0.15) is 0 Å². The summed E-state index contributed by atoms with van der Waals surface area (Å²) in [5.74, 6) is 1.01. The maximum atomic E-state index is 13.0. The summed E-state index contributed by atoms with van der Waals surface area (Å²) in [7, 11) is 1.69. The largest absolute Gasteiger partial charge is 0.496 e. The highest BCUT2D eigenvalue weighted by atomic mass is 19.1. The number of ether oxygens (including phenoxy) is 1. The molecule has 1 unspecified atom stereocenters. The van der Waals surface area contributed by atoms with E-state index in [4.69, 9.17) is 10.5 Å². The van der Waals surface area contributed by atoms with Gasteiger partial charge < -0.3 is 10.5 Å². The van der Waals surface area contributed by atoms with Crippen molar-refractivity contribution in [2.45, 2.75) is 19.8 Å². The fourth-order valence-corrected chi connectivity index (χ4v) is 2.57. The number of nitrogens with two attached hydrogens (primary N) is 1. The topological polar surface area (TPSA) is 35.2 Å². The van der Waals surface area contributed by atoms with Crippen LogP contribution in [0.25, 0.3) is 0 Å². The molecule has 0 radical (unpaired) electrons. The Hall–Kier alpha value is -1.87. The second kappa shape index (κ2) is 7.23. The third-order valence-electron chi connectivity index (χ3n) is 3.72. The van der Waals surface area contributed by atoms with Crippen LogP contribution in [0.2, 0.25) is 0 Å². The third kappa shape index (κ3) is 4.30. The number of halogens is 1. The Kier molecular flexibility index (Phi) is 5.34. The Morgan fingerprint density at radius 2 is 1.81 bits per heavy atom. The highest BCUT2D eigenvalue weighted by molar-refractivity contribution is 5.37. The lowest BCUT2D eigenvalue weighted by molar-refractivity contribution is 0.403. The van der Waals surface area contributed by atoms with Gasteiger partial charge in [0.05, 0.1) is 7.11 Å². The van der Waals surface area contributed by atoms with Crippen LogP contribution in [0.1, 0.15) is 16.7 Å². The van der Waals surface area contributed by atoms with Crippen LogP contribution in [0.4, 0.5) is 4.39 Å². The summed E-state index contributed by atoms with van der Waals surface area (Å²) in [6.07, 6.45) is 1.70. The van der Waals surface area contributed by atoms with Gasteiger partial charge in [-0.15, -0.1) is 0 Å². The molecule has 2 aromatic rings. The van der Waals surface area contributed by atoms with E-state index in [1.165, 1.54) is 23.3 Å². The van der Waals surface area contributed by atoms with Crippen molar-refractivity contribution in [3.63, 3.8) is 0 Å². The van der Waals surface area contributed by atoms with Crippen LogP contribution in [-0.2, 0) is 12.8 Å². The van der Waals surface area contributed by atoms with Gasteiger partial charge in [-0.25, -0.2) is 4.39 Å². The molecule has 112 valence electrons. The molecule has 0 aliphatic rings. The Morgan fingerprint density at radius 3 is 2.43 bits per heavy atom. The Labute approximate surface area is 125 Å². The maximum absolute atomic E-state index is 13.0. The van der Waals surface area contributed by atoms with E-state index in [1.807, 2.05) is 24.3 Å². The van der Waals surface area contributed by atoms with Crippen molar-refractivity contribution in [1.82, 2.24) is 0 Å². The molecule has 3 heteroatoms. The molecule has 0 aliphatic carbocycles. The predicted octanol–water partition coefficient (Wildman–Crippen LogP) is 3.50. The maximum Gasteiger partial charge on any atom is 0.123 e. The molecule has 2 nitrogen and oxygen atoms in total. The summed E-state index contributed by atoms with van der Waals surface area (Å²) >= 11 is 0. The monoisotopic (exact) mass is 287 g/mol. The zero-order valence-corrected chi connectivity index (χ0v) is 12.6. The van der Waals surface area contributed by atoms with Gasteiger partial charge in [0.2, 0.25) is 0 Å². The van der Waals surface area contributed by atoms with Gasteiger partial charge in [-0.05, 0) is 61.6 Å². The smallest absolute Gasteiger partial charge is 0.123 e. The molecule has 2 aromatic carbocycles. The van der Waals surface area contributed by atoms with E-state index in [9.17, 15) is 4.39 Å². The number of hydrogen-bond acceptors (Lipinski definition) is 2. The molecular formula is C18H22FNO. The molecule has 21 heavy (non-hydrogen) atoms. The molecule has 0 fully saturated rings. The highest BCUT2D eigenvalue weighted by Crippen LogP contribution is 2.24. The van der Waals surface area contributed by atoms with Gasteiger partial charge in [0.15, 0.2) is 0 Å². The van der Waals surface area contributed by atoms with E-state index in [-0.39, 0.29) is 5.82 Å². The first kappa shape index (κ1) is 15.5. The third-order valence-corrected chi connectivity index (χ3v) is 3.72. The quantitative estimate of drug-likeness (QED) is 0.882. The van der Waals surface area contributed by atoms with Crippen LogP contribution >= 0.6 is 0 Å². The Morgan fingerprint density at radius 1 is 1.10 bits per heavy atom. The van der Waals surface area contributed by atoms with Crippen molar-refractivity contribution >= 4 is 0 Å². The highest BCUT2D eigenvalue weighted by Gasteiger charge is 2.12. The number of hydrogen-bond donors (Lipinski definition) is 1. The van der Waals surface area contributed by atoms with E-state index in [0.29, 0.717) is 12.5 Å². The van der Waals surface area contributed by atoms with E-state index in [1.54, 1.807) is 7.11 Å². The van der Waals surface area contributed by atoms with Crippen LogP contribution in [0.5, 0.6) is 5.75 Å². The van der Waals surface area contributed by atoms with Gasteiger partial charge in [0.1, 0.15) is 11.6 Å². The minimum Gasteiger partial charge on any atom is -0.496 e. The van der Waals surface area contributed by atoms with Crippen molar-refractivity contribution in [3.8, 4) is 5.75 Å². The van der Waals surface area contributed by atoms with Gasteiger partial charge in [-0.3, -0.25) is 0 Å². The van der Waals surface area contributed by atoms with Crippen LogP contribution in [0.15, 0.2) is 42.5 Å². The summed E-state index contributed by atoms with van der Waals surface area (Å²) < 4.78 is 18.4. The van der Waals surface area contributed by atoms with Gasteiger partial charge in [-0.1, -0.05) is 29.8 Å². The molecule has 0 amide bonds. The number of aryl methyl sites for hydroxylation is 1. The summed E-state index contributed by atoms with van der Waals surface area (Å²) in [4.78, 5) is 0. The van der Waals surface area contributed by atoms with Crippen molar-refractivity contribution < 1.29 is 9.13 Å². The molecule has 0 spiro atoms. The molecule has 0 saturated carbocycles. The zero-order valence-electron chi connectivity index (χ0n) is 12.6. The summed E-state index contributed by atoms with van der Waals surface area (Å²) in [5, 5.41) is 0. The fraction of sp³-hybridized carbons (Fsp3) is 0.333. The molecule has 0 bridgehead atoms. The number of benzene rings is 2. The molecule has 0 aromatic heterocycles. The molecule has 1 atom stereocenters. The van der Waals surface area contributed by atoms with E-state index < -0.39 is 0 Å². The van der Waals surface area contributed by atoms with Crippen LogP contribution in [0.3, 0.4) is 0 Å². The van der Waals surface area contributed by atoms with E-state index in [0.717, 1.165) is 24.2 Å². The van der Waals surface area contributed by atoms with Crippen molar-refractivity contribution in [2.75, 3.05) is 13.7 Å². The standard InChI is InChI=1S/C18H22FNO/c1-13-3-8-18(21-2)16(9-13)11-15(12-20)10-14-4-6-17(19)7-5-14/h3-9,15H,10-12,20H2,1-2H3. The van der Waals surface area contributed by atoms with Crippen molar-refractivity contribution in [1.29, 1.82) is 0 Å². The zero-order chi connectivity index (χ0) is 15.2. The second-order valence-electron chi connectivity index (χ2n) is 5.45. The first-order valence-corrected chi connectivity index (χ1v) is 7.20. The number of methoxy groups -OCH3 is 1. The molecule has 0 heterocycles. The predicted molar refractivity (Wildman–Crippen MR) is 84.1 cm³/mol. The minimum absolute atomic E-state index is 0.205. The number of rotatable bonds is 6. The lowest BCUT2D eigenvalue weighted by atomic mass is 9.91. The summed E-state index contributed by atoms with van der Waals surface area (Å²) in [6.45, 7) is 2.66. The minimum atomic E-state index is -0.205. The first-order valence-electron chi connectivity index (χ1n) is 7.20. The SMILES string of the molecule is COc1ccc(C)cc1CC(CN)Cc1ccc(F)cc1. The van der Waals surface area contributed by atoms with Gasteiger partial charge in [0.25, 0.3) is 0 Å². The Balaban J connectivity index is 2.11. The van der Waals surface area contributed by atoms with Crippen LogP contribution < -0.4 is 10.5 Å². The Bertz CT molecular complexity index is 580. The van der Waals surface area contributed by atoms with Crippen molar-refractivity contribution in [3.05, 3.63) is 65.0 Å². The molecular weight excluding hydrogens is 265 g/mol. The molecule has 2 N–H and O–H groups in total. The molecule has 0 saturated heterocycles. The normalized spacial score (nSPS) is 12.2. The van der Waals surface area contributed by atoms with E-state index in [2.05, 4.69) is 13.0 Å². The molecule has 0 aliphatic heterocycles. The average molecular weight is 287 g/mol. The first-order chi connectivity index (χ1) is 10.1. The van der Waals surface area contributed by atoms with Gasteiger partial charge in [0, 0.05) is 0 Å². The fourth-order valence-electron chi connectivity index (χ4n) is 2.57. The summed E-state index contributed by atoms with van der Waals surface area (Å²) in [5.41, 5.74) is 9.41. The van der Waals surface area contributed by atoms with Gasteiger partial charge >= 0.3 is 0 Å². The average Bonchev–Trinajstić information content (AvgIpc) is 2.49. The molecule has 2 rings (SSSR count). The van der Waals surface area contributed by atoms with Crippen LogP contribution in [-0.4, -0.2) is 13.7 Å². The van der Waals surface area contributed by atoms with E-state index >= 15 is 0 Å². The second-order valence-corrected chi connectivity index (χ2v) is 5.45. The summed E-state index contributed by atoms with van der Waals surface area (Å²) in [6, 6.07) is 12.8. The van der Waals surface area contributed by atoms with Crippen molar-refractivity contribution in [2.24, 2.45) is 11.7 Å².